The predicted octanol–water partition coefficient (Wildman–Crippen LogP) is 1.71. The standard InChI is InChI=1S/C14H19N3O/c15-7-3-9-17(13-5-1-6-14(13)18)11-12-4-2-8-16-10-12/h2,4,8,10,13-14,18H,1,3,5-6,9,11H2. The Morgan fingerprint density at radius 1 is 1.50 bits per heavy atom. The van der Waals surface area contributed by atoms with Crippen LogP contribution in [0.5, 0.6) is 0 Å². The molecule has 1 N–H and O–H groups in total. The summed E-state index contributed by atoms with van der Waals surface area (Å²) in [6, 6.07) is 6.33. The van der Waals surface area contributed by atoms with Crippen molar-refractivity contribution in [1.82, 2.24) is 9.88 Å². The molecule has 1 aromatic heterocycles. The number of aliphatic hydroxyl groups is 1. The molecular formula is C14H19N3O. The molecule has 0 spiro atoms. The Morgan fingerprint density at radius 2 is 2.39 bits per heavy atom. The van der Waals surface area contributed by atoms with Gasteiger partial charge in [-0.15, -0.1) is 0 Å². The van der Waals surface area contributed by atoms with Gasteiger partial charge in [-0.2, -0.15) is 5.26 Å². The Labute approximate surface area is 108 Å². The van der Waals surface area contributed by atoms with E-state index >= 15 is 0 Å². The lowest BCUT2D eigenvalue weighted by Gasteiger charge is -2.30. The van der Waals surface area contributed by atoms with Crippen LogP contribution in [0.15, 0.2) is 24.5 Å². The van der Waals surface area contributed by atoms with Crippen LogP contribution >= 0.6 is 0 Å². The number of rotatable bonds is 5. The number of aliphatic hydroxyl groups excluding tert-OH is 1. The smallest absolute Gasteiger partial charge is 0.0695 e. The molecule has 1 aromatic rings. The molecule has 1 heterocycles. The van der Waals surface area contributed by atoms with Gasteiger partial charge in [0.05, 0.1) is 12.2 Å². The lowest BCUT2D eigenvalue weighted by atomic mass is 10.1. The van der Waals surface area contributed by atoms with E-state index in [0.29, 0.717) is 13.0 Å². The fourth-order valence-corrected chi connectivity index (χ4v) is 2.63. The normalized spacial score (nSPS) is 23.2. The summed E-state index contributed by atoms with van der Waals surface area (Å²) >= 11 is 0. The number of hydrogen-bond donors (Lipinski definition) is 1. The molecule has 2 rings (SSSR count). The average molecular weight is 245 g/mol. The summed E-state index contributed by atoms with van der Waals surface area (Å²) in [6.45, 7) is 1.48. The van der Waals surface area contributed by atoms with Crippen molar-refractivity contribution in [3.05, 3.63) is 30.1 Å². The Balaban J connectivity index is 2.03. The zero-order valence-electron chi connectivity index (χ0n) is 10.5. The molecule has 96 valence electrons. The number of aromatic nitrogens is 1. The largest absolute Gasteiger partial charge is 0.391 e. The second-order valence-corrected chi connectivity index (χ2v) is 4.81. The van der Waals surface area contributed by atoms with Crippen molar-refractivity contribution in [3.63, 3.8) is 0 Å². The second kappa shape index (κ2) is 6.48. The quantitative estimate of drug-likeness (QED) is 0.858. The van der Waals surface area contributed by atoms with Crippen molar-refractivity contribution in [2.75, 3.05) is 6.54 Å². The van der Waals surface area contributed by atoms with Gasteiger partial charge < -0.3 is 5.11 Å². The molecule has 1 aliphatic rings. The highest BCUT2D eigenvalue weighted by molar-refractivity contribution is 5.09. The fourth-order valence-electron chi connectivity index (χ4n) is 2.63. The first-order chi connectivity index (χ1) is 8.81. The van der Waals surface area contributed by atoms with E-state index in [1.54, 1.807) is 6.20 Å². The van der Waals surface area contributed by atoms with Crippen LogP contribution in [-0.2, 0) is 6.54 Å². The van der Waals surface area contributed by atoms with E-state index in [1.807, 2.05) is 18.3 Å². The highest BCUT2D eigenvalue weighted by Crippen LogP contribution is 2.25. The Morgan fingerprint density at radius 3 is 3.00 bits per heavy atom. The number of nitrogens with zero attached hydrogens (tertiary/aromatic N) is 3. The van der Waals surface area contributed by atoms with Gasteiger partial charge in [0.2, 0.25) is 0 Å². The third kappa shape index (κ3) is 3.28. The molecule has 1 aliphatic carbocycles. The maximum absolute atomic E-state index is 10.00. The second-order valence-electron chi connectivity index (χ2n) is 4.81. The zero-order valence-corrected chi connectivity index (χ0v) is 10.5. The van der Waals surface area contributed by atoms with Crippen LogP contribution in [0, 0.1) is 11.3 Å². The minimum absolute atomic E-state index is 0.193. The fraction of sp³-hybridized carbons (Fsp3) is 0.571. The van der Waals surface area contributed by atoms with Crippen molar-refractivity contribution >= 4 is 0 Å². The molecular weight excluding hydrogens is 226 g/mol. The number of nitriles is 1. The van der Waals surface area contributed by atoms with Crippen molar-refractivity contribution in [2.24, 2.45) is 0 Å². The summed E-state index contributed by atoms with van der Waals surface area (Å²) in [4.78, 5) is 6.33. The van der Waals surface area contributed by atoms with Crippen LogP contribution < -0.4 is 0 Å². The maximum atomic E-state index is 10.00. The van der Waals surface area contributed by atoms with E-state index in [1.165, 1.54) is 0 Å². The molecule has 4 nitrogen and oxygen atoms in total. The molecule has 2 unspecified atom stereocenters. The van der Waals surface area contributed by atoms with Gasteiger partial charge in [0.25, 0.3) is 0 Å². The van der Waals surface area contributed by atoms with Crippen LogP contribution in [0.1, 0.15) is 31.2 Å². The highest BCUT2D eigenvalue weighted by atomic mass is 16.3. The van der Waals surface area contributed by atoms with E-state index in [-0.39, 0.29) is 12.1 Å². The monoisotopic (exact) mass is 245 g/mol. The first-order valence-corrected chi connectivity index (χ1v) is 6.49. The summed E-state index contributed by atoms with van der Waals surface area (Å²) in [5.74, 6) is 0. The van der Waals surface area contributed by atoms with E-state index < -0.39 is 0 Å². The highest BCUT2D eigenvalue weighted by Gasteiger charge is 2.30. The topological polar surface area (TPSA) is 60.2 Å². The molecule has 1 fully saturated rings. The molecule has 18 heavy (non-hydrogen) atoms. The van der Waals surface area contributed by atoms with Gasteiger partial charge in [0.1, 0.15) is 0 Å². The lowest BCUT2D eigenvalue weighted by Crippen LogP contribution is -2.40. The van der Waals surface area contributed by atoms with Gasteiger partial charge in [0.15, 0.2) is 0 Å². The van der Waals surface area contributed by atoms with Crippen molar-refractivity contribution in [2.45, 2.75) is 44.4 Å². The van der Waals surface area contributed by atoms with Crippen LogP contribution in [0.2, 0.25) is 0 Å². The van der Waals surface area contributed by atoms with E-state index in [9.17, 15) is 5.11 Å². The van der Waals surface area contributed by atoms with E-state index in [2.05, 4.69) is 16.0 Å². The SMILES string of the molecule is N#CCCN(Cc1cccnc1)C1CCCC1O. The maximum Gasteiger partial charge on any atom is 0.0695 e. The molecule has 0 radical (unpaired) electrons. The molecule has 0 bridgehead atoms. The molecule has 0 aromatic carbocycles. The summed E-state index contributed by atoms with van der Waals surface area (Å²) in [7, 11) is 0. The molecule has 0 aliphatic heterocycles. The van der Waals surface area contributed by atoms with Gasteiger partial charge in [-0.05, 0) is 30.9 Å². The Kier molecular flexibility index (Phi) is 4.68. The van der Waals surface area contributed by atoms with Crippen LogP contribution in [0.4, 0.5) is 0 Å². The summed E-state index contributed by atoms with van der Waals surface area (Å²) in [6.07, 6.45) is 6.83. The van der Waals surface area contributed by atoms with Gasteiger partial charge >= 0.3 is 0 Å². The van der Waals surface area contributed by atoms with E-state index in [0.717, 1.165) is 31.4 Å². The molecule has 0 amide bonds. The number of pyridine rings is 1. The first-order valence-electron chi connectivity index (χ1n) is 6.49. The van der Waals surface area contributed by atoms with Gasteiger partial charge in [0, 0.05) is 37.9 Å². The van der Waals surface area contributed by atoms with Crippen LogP contribution in [0.25, 0.3) is 0 Å². The average Bonchev–Trinajstić information content (AvgIpc) is 2.82. The summed E-state index contributed by atoms with van der Waals surface area (Å²) < 4.78 is 0. The molecule has 0 saturated heterocycles. The third-order valence-electron chi connectivity index (χ3n) is 3.53. The van der Waals surface area contributed by atoms with Crippen LogP contribution in [-0.4, -0.2) is 33.7 Å². The lowest BCUT2D eigenvalue weighted by molar-refractivity contribution is 0.0671. The van der Waals surface area contributed by atoms with E-state index in [4.69, 9.17) is 5.26 Å². The van der Waals surface area contributed by atoms with Crippen molar-refractivity contribution < 1.29 is 5.11 Å². The van der Waals surface area contributed by atoms with Crippen molar-refractivity contribution in [1.29, 1.82) is 5.26 Å². The Bertz CT molecular complexity index is 401. The Hall–Kier alpha value is -1.44. The molecule has 4 heteroatoms. The minimum atomic E-state index is -0.250. The third-order valence-corrected chi connectivity index (χ3v) is 3.53. The minimum Gasteiger partial charge on any atom is -0.391 e. The number of hydrogen-bond acceptors (Lipinski definition) is 4. The summed E-state index contributed by atoms with van der Waals surface area (Å²) in [5.41, 5.74) is 1.13. The zero-order chi connectivity index (χ0) is 12.8. The van der Waals surface area contributed by atoms with Gasteiger partial charge in [-0.1, -0.05) is 6.07 Å². The molecule has 2 atom stereocenters. The predicted molar refractivity (Wildman–Crippen MR) is 68.5 cm³/mol. The molecule has 1 saturated carbocycles. The van der Waals surface area contributed by atoms with Crippen LogP contribution in [0.3, 0.4) is 0 Å². The van der Waals surface area contributed by atoms with Gasteiger partial charge in [-0.3, -0.25) is 9.88 Å². The first kappa shape index (κ1) is 13.0. The van der Waals surface area contributed by atoms with Gasteiger partial charge in [-0.25, -0.2) is 0 Å². The summed E-state index contributed by atoms with van der Waals surface area (Å²) in [5, 5.41) is 18.7. The van der Waals surface area contributed by atoms with Crippen molar-refractivity contribution in [3.8, 4) is 6.07 Å².